The van der Waals surface area contributed by atoms with Crippen LogP contribution in [0.4, 0.5) is 10.6 Å². The van der Waals surface area contributed by atoms with E-state index in [1.165, 1.54) is 0 Å². The number of anilines is 1. The average Bonchev–Trinajstić information content (AvgIpc) is 2.65. The van der Waals surface area contributed by atoms with Gasteiger partial charge in [0, 0.05) is 24.2 Å². The summed E-state index contributed by atoms with van der Waals surface area (Å²) < 4.78 is 0.983. The molecular weight excluding hydrogens is 208 g/mol. The molecule has 0 atom stereocenters. The third-order valence-corrected chi connectivity index (χ3v) is 2.94. The van der Waals surface area contributed by atoms with Crippen molar-refractivity contribution in [2.24, 2.45) is 0 Å². The SMILES string of the molecule is CC(C)(C)N1Cc2c(N)nn(C(=O)O)c2C1. The molecular formula is C10H16N4O2. The summed E-state index contributed by atoms with van der Waals surface area (Å²) in [6.45, 7) is 7.52. The van der Waals surface area contributed by atoms with E-state index in [2.05, 4.69) is 30.8 Å². The Kier molecular flexibility index (Phi) is 2.20. The van der Waals surface area contributed by atoms with Crippen LogP contribution >= 0.6 is 0 Å². The second kappa shape index (κ2) is 3.21. The molecule has 0 saturated carbocycles. The Bertz CT molecular complexity index is 444. The number of carboxylic acid groups (broad SMARTS) is 1. The topological polar surface area (TPSA) is 84.4 Å². The predicted molar refractivity (Wildman–Crippen MR) is 59.1 cm³/mol. The molecule has 6 heteroatoms. The number of nitrogen functional groups attached to an aromatic ring is 1. The van der Waals surface area contributed by atoms with E-state index in [1.54, 1.807) is 0 Å². The number of carbonyl (C=O) groups is 1. The molecule has 2 heterocycles. The molecule has 0 saturated heterocycles. The van der Waals surface area contributed by atoms with Crippen LogP contribution in [0, 0.1) is 0 Å². The van der Waals surface area contributed by atoms with Crippen LogP contribution in [-0.2, 0) is 13.1 Å². The van der Waals surface area contributed by atoms with Crippen molar-refractivity contribution in [2.45, 2.75) is 39.4 Å². The number of aromatic nitrogens is 2. The van der Waals surface area contributed by atoms with Gasteiger partial charge < -0.3 is 10.8 Å². The van der Waals surface area contributed by atoms with Crippen molar-refractivity contribution in [1.82, 2.24) is 14.7 Å². The molecule has 0 aromatic carbocycles. The number of hydrogen-bond donors (Lipinski definition) is 2. The largest absolute Gasteiger partial charge is 0.463 e. The molecule has 0 aliphatic carbocycles. The van der Waals surface area contributed by atoms with Crippen LogP contribution in [0.1, 0.15) is 32.0 Å². The first-order valence-corrected chi connectivity index (χ1v) is 5.15. The molecule has 0 amide bonds. The standard InChI is InChI=1S/C10H16N4O2/c1-10(2,3)13-4-6-7(5-13)14(9(15)16)12-8(6)11/h4-5H2,1-3H3,(H2,11,12)(H,15,16). The van der Waals surface area contributed by atoms with E-state index < -0.39 is 6.09 Å². The molecule has 1 aliphatic rings. The molecule has 16 heavy (non-hydrogen) atoms. The van der Waals surface area contributed by atoms with Crippen molar-refractivity contribution >= 4 is 11.9 Å². The monoisotopic (exact) mass is 224 g/mol. The average molecular weight is 224 g/mol. The second-order valence-corrected chi connectivity index (χ2v) is 5.03. The van der Waals surface area contributed by atoms with Crippen molar-refractivity contribution in [2.75, 3.05) is 5.73 Å². The van der Waals surface area contributed by atoms with E-state index >= 15 is 0 Å². The highest BCUT2D eigenvalue weighted by Crippen LogP contribution is 2.32. The van der Waals surface area contributed by atoms with E-state index in [9.17, 15) is 4.79 Å². The van der Waals surface area contributed by atoms with Gasteiger partial charge >= 0.3 is 6.09 Å². The lowest BCUT2D eigenvalue weighted by atomic mass is 10.1. The summed E-state index contributed by atoms with van der Waals surface area (Å²) in [5, 5.41) is 12.8. The van der Waals surface area contributed by atoms with Gasteiger partial charge in [-0.05, 0) is 20.8 Å². The van der Waals surface area contributed by atoms with Gasteiger partial charge in [0.1, 0.15) is 0 Å². The molecule has 2 rings (SSSR count). The van der Waals surface area contributed by atoms with Crippen LogP contribution in [0.5, 0.6) is 0 Å². The molecule has 0 spiro atoms. The Labute approximate surface area is 93.6 Å². The third kappa shape index (κ3) is 1.55. The highest BCUT2D eigenvalue weighted by Gasteiger charge is 2.34. The first-order chi connectivity index (χ1) is 7.30. The molecule has 0 fully saturated rings. The highest BCUT2D eigenvalue weighted by molar-refractivity contribution is 5.70. The Morgan fingerprint density at radius 1 is 1.44 bits per heavy atom. The van der Waals surface area contributed by atoms with Crippen molar-refractivity contribution in [3.05, 3.63) is 11.3 Å². The van der Waals surface area contributed by atoms with Gasteiger partial charge in [0.05, 0.1) is 5.69 Å². The highest BCUT2D eigenvalue weighted by atomic mass is 16.4. The molecule has 3 N–H and O–H groups in total. The fraction of sp³-hybridized carbons (Fsp3) is 0.600. The first-order valence-electron chi connectivity index (χ1n) is 5.15. The zero-order valence-electron chi connectivity index (χ0n) is 9.69. The fourth-order valence-electron chi connectivity index (χ4n) is 1.90. The zero-order chi connectivity index (χ0) is 12.1. The van der Waals surface area contributed by atoms with E-state index in [0.29, 0.717) is 24.6 Å². The number of fused-ring (bicyclic) bond motifs is 1. The summed E-state index contributed by atoms with van der Waals surface area (Å²) >= 11 is 0. The first kappa shape index (κ1) is 10.9. The van der Waals surface area contributed by atoms with Crippen LogP contribution in [-0.4, -0.2) is 31.4 Å². The van der Waals surface area contributed by atoms with Gasteiger partial charge in [0.2, 0.25) is 0 Å². The zero-order valence-corrected chi connectivity index (χ0v) is 9.69. The van der Waals surface area contributed by atoms with Crippen LogP contribution in [0.2, 0.25) is 0 Å². The quantitative estimate of drug-likeness (QED) is 0.689. The maximum absolute atomic E-state index is 11.0. The number of nitrogens with zero attached hydrogens (tertiary/aromatic N) is 3. The predicted octanol–water partition coefficient (Wildman–Crippen LogP) is 1.11. The maximum Gasteiger partial charge on any atom is 0.432 e. The van der Waals surface area contributed by atoms with Gasteiger partial charge in [-0.1, -0.05) is 0 Å². The summed E-state index contributed by atoms with van der Waals surface area (Å²) in [6.07, 6.45) is -1.08. The number of rotatable bonds is 0. The summed E-state index contributed by atoms with van der Waals surface area (Å²) in [4.78, 5) is 13.1. The molecule has 1 aliphatic heterocycles. The molecule has 0 bridgehead atoms. The summed E-state index contributed by atoms with van der Waals surface area (Å²) in [5.74, 6) is 0.323. The second-order valence-electron chi connectivity index (χ2n) is 5.03. The molecule has 1 aromatic heterocycles. The van der Waals surface area contributed by atoms with Crippen molar-refractivity contribution < 1.29 is 9.90 Å². The lowest BCUT2D eigenvalue weighted by molar-refractivity contribution is 0.132. The Hall–Kier alpha value is -1.56. The normalized spacial score (nSPS) is 16.4. The summed E-state index contributed by atoms with van der Waals surface area (Å²) in [6, 6.07) is 0. The van der Waals surface area contributed by atoms with Crippen molar-refractivity contribution in [3.8, 4) is 0 Å². The Balaban J connectivity index is 2.38. The summed E-state index contributed by atoms with van der Waals surface area (Å²) in [5.41, 5.74) is 7.25. The summed E-state index contributed by atoms with van der Waals surface area (Å²) in [7, 11) is 0. The molecule has 0 radical (unpaired) electrons. The lowest BCUT2D eigenvalue weighted by Gasteiger charge is -2.31. The molecule has 0 unspecified atom stereocenters. The Morgan fingerprint density at radius 3 is 2.56 bits per heavy atom. The van der Waals surface area contributed by atoms with Crippen LogP contribution in [0.15, 0.2) is 0 Å². The van der Waals surface area contributed by atoms with Gasteiger partial charge in [-0.15, -0.1) is 5.10 Å². The van der Waals surface area contributed by atoms with E-state index in [0.717, 1.165) is 10.2 Å². The molecule has 6 nitrogen and oxygen atoms in total. The van der Waals surface area contributed by atoms with Crippen molar-refractivity contribution in [1.29, 1.82) is 0 Å². The molecule has 1 aromatic rings. The van der Waals surface area contributed by atoms with E-state index in [1.807, 2.05) is 0 Å². The third-order valence-electron chi connectivity index (χ3n) is 2.94. The minimum absolute atomic E-state index is 0.00517. The minimum atomic E-state index is -1.08. The van der Waals surface area contributed by atoms with E-state index in [-0.39, 0.29) is 5.54 Å². The van der Waals surface area contributed by atoms with Gasteiger partial charge in [-0.3, -0.25) is 4.90 Å². The van der Waals surface area contributed by atoms with Crippen LogP contribution in [0.25, 0.3) is 0 Å². The fourth-order valence-corrected chi connectivity index (χ4v) is 1.90. The van der Waals surface area contributed by atoms with Crippen LogP contribution in [0.3, 0.4) is 0 Å². The van der Waals surface area contributed by atoms with Crippen LogP contribution < -0.4 is 5.73 Å². The van der Waals surface area contributed by atoms with Gasteiger partial charge in [0.15, 0.2) is 5.82 Å². The van der Waals surface area contributed by atoms with Gasteiger partial charge in [-0.2, -0.15) is 4.68 Å². The van der Waals surface area contributed by atoms with E-state index in [4.69, 9.17) is 10.8 Å². The number of hydrogen-bond acceptors (Lipinski definition) is 4. The number of nitrogens with two attached hydrogens (primary N) is 1. The maximum atomic E-state index is 11.0. The minimum Gasteiger partial charge on any atom is -0.463 e. The van der Waals surface area contributed by atoms with Gasteiger partial charge in [0.25, 0.3) is 0 Å². The lowest BCUT2D eigenvalue weighted by Crippen LogP contribution is -2.37. The Morgan fingerprint density at radius 2 is 2.06 bits per heavy atom. The smallest absolute Gasteiger partial charge is 0.432 e. The van der Waals surface area contributed by atoms with Gasteiger partial charge in [-0.25, -0.2) is 4.79 Å². The molecule has 88 valence electrons. The van der Waals surface area contributed by atoms with Crippen molar-refractivity contribution in [3.63, 3.8) is 0 Å².